The summed E-state index contributed by atoms with van der Waals surface area (Å²) in [6, 6.07) is 0.980. The zero-order valence-electron chi connectivity index (χ0n) is 7.42. The van der Waals surface area contributed by atoms with Crippen LogP contribution in [0.15, 0.2) is 21.9 Å². The quantitative estimate of drug-likeness (QED) is 0.492. The third-order valence-corrected chi connectivity index (χ3v) is 0.824. The minimum Gasteiger partial charge on any atom is -0.304 e. The van der Waals surface area contributed by atoms with Crippen LogP contribution >= 0.6 is 0 Å². The molecule has 0 spiro atoms. The molecule has 4 nitrogen and oxygen atoms in total. The second kappa shape index (κ2) is 1.89. The second-order valence-electron chi connectivity index (χ2n) is 1.48. The maximum absolute atomic E-state index is 10.8. The van der Waals surface area contributed by atoms with Gasteiger partial charge in [-0.1, -0.05) is 0 Å². The van der Waals surface area contributed by atoms with E-state index in [9.17, 15) is 9.59 Å². The molecule has 0 unspecified atom stereocenters. The first-order chi connectivity index (χ1) is 5.41. The van der Waals surface area contributed by atoms with Gasteiger partial charge in [0.1, 0.15) is 0 Å². The maximum atomic E-state index is 10.8. The molecule has 0 aliphatic rings. The lowest BCUT2D eigenvalue weighted by Gasteiger charge is -1.89. The topological polar surface area (TPSA) is 54.9 Å². The predicted molar refractivity (Wildman–Crippen MR) is 32.3 cm³/mol. The molecular weight excluding hydrogens is 120 g/mol. The summed E-state index contributed by atoms with van der Waals surface area (Å²) in [6.45, 7) is -2.54. The Kier molecular flexibility index (Phi) is 0.631. The number of hydrogen-bond donors (Lipinski definition) is 1. The van der Waals surface area contributed by atoms with Gasteiger partial charge < -0.3 is 4.57 Å². The molecular formula is C5H6N2O2. The minimum absolute atomic E-state index is 0.481. The normalized spacial score (nSPS) is 15.8. The zero-order chi connectivity index (χ0) is 9.35. The van der Waals surface area contributed by atoms with E-state index in [1.54, 1.807) is 0 Å². The van der Waals surface area contributed by atoms with Crippen molar-refractivity contribution in [1.29, 1.82) is 0 Å². The SMILES string of the molecule is [2H]C([2H])([2H])n1ccc(=O)[nH]c1=O. The number of H-pyrrole nitrogens is 1. The first kappa shape index (κ1) is 3.00. The monoisotopic (exact) mass is 129 g/mol. The largest absolute Gasteiger partial charge is 0.328 e. The molecule has 0 atom stereocenters. The molecule has 0 aromatic carbocycles. The number of hydrogen-bond acceptors (Lipinski definition) is 2. The smallest absolute Gasteiger partial charge is 0.304 e. The minimum atomic E-state index is -2.54. The van der Waals surface area contributed by atoms with Crippen molar-refractivity contribution < 1.29 is 4.11 Å². The maximum Gasteiger partial charge on any atom is 0.328 e. The van der Waals surface area contributed by atoms with Crippen molar-refractivity contribution >= 4 is 0 Å². The van der Waals surface area contributed by atoms with Gasteiger partial charge in [0.2, 0.25) is 0 Å². The molecule has 1 heterocycles. The van der Waals surface area contributed by atoms with E-state index in [4.69, 9.17) is 4.11 Å². The van der Waals surface area contributed by atoms with Crippen molar-refractivity contribution in [2.45, 2.75) is 0 Å². The molecule has 0 amide bonds. The first-order valence-electron chi connectivity index (χ1n) is 3.74. The number of aromatic amines is 1. The highest BCUT2D eigenvalue weighted by atomic mass is 16.2. The number of aromatic nitrogens is 2. The summed E-state index contributed by atoms with van der Waals surface area (Å²) in [5.41, 5.74) is -1.54. The van der Waals surface area contributed by atoms with Crippen LogP contribution in [-0.4, -0.2) is 9.55 Å². The zero-order valence-corrected chi connectivity index (χ0v) is 4.42. The van der Waals surface area contributed by atoms with Gasteiger partial charge in [0.15, 0.2) is 0 Å². The van der Waals surface area contributed by atoms with Gasteiger partial charge in [-0.2, -0.15) is 0 Å². The average Bonchev–Trinajstić information content (AvgIpc) is 1.83. The van der Waals surface area contributed by atoms with E-state index in [0.29, 0.717) is 4.57 Å². The van der Waals surface area contributed by atoms with Gasteiger partial charge in [0.05, 0.1) is 0 Å². The molecule has 9 heavy (non-hydrogen) atoms. The van der Waals surface area contributed by atoms with Crippen LogP contribution in [0.1, 0.15) is 4.11 Å². The number of nitrogens with zero attached hydrogens (tertiary/aromatic N) is 1. The van der Waals surface area contributed by atoms with Crippen molar-refractivity contribution in [2.24, 2.45) is 6.98 Å². The number of rotatable bonds is 0. The molecule has 0 radical (unpaired) electrons. The van der Waals surface area contributed by atoms with Gasteiger partial charge in [-0.3, -0.25) is 9.78 Å². The fraction of sp³-hybridized carbons (Fsp3) is 0.200. The third kappa shape index (κ3) is 1.07. The molecule has 4 heteroatoms. The van der Waals surface area contributed by atoms with E-state index in [0.717, 1.165) is 12.3 Å². The van der Waals surface area contributed by atoms with Crippen molar-refractivity contribution in [2.75, 3.05) is 0 Å². The van der Waals surface area contributed by atoms with E-state index in [1.807, 2.05) is 4.98 Å². The Balaban J connectivity index is 3.39. The summed E-state index contributed by atoms with van der Waals surface area (Å²) in [5.74, 6) is 0. The number of nitrogens with one attached hydrogen (secondary N) is 1. The van der Waals surface area contributed by atoms with Crippen LogP contribution in [0.4, 0.5) is 0 Å². The summed E-state index contributed by atoms with van der Waals surface area (Å²) in [7, 11) is 0. The Hall–Kier alpha value is -1.32. The van der Waals surface area contributed by atoms with Crippen LogP contribution in [-0.2, 0) is 6.98 Å². The average molecular weight is 129 g/mol. The van der Waals surface area contributed by atoms with Crippen LogP contribution < -0.4 is 11.2 Å². The molecule has 1 rings (SSSR count). The lowest BCUT2D eigenvalue weighted by molar-refractivity contribution is 0.799. The third-order valence-electron chi connectivity index (χ3n) is 0.824. The highest BCUT2D eigenvalue weighted by molar-refractivity contribution is 4.80. The predicted octanol–water partition coefficient (Wildman–Crippen LogP) is -0.926. The molecule has 1 aromatic rings. The first-order valence-corrected chi connectivity index (χ1v) is 2.24. The second-order valence-corrected chi connectivity index (χ2v) is 1.48. The molecule has 0 saturated carbocycles. The highest BCUT2D eigenvalue weighted by Crippen LogP contribution is 1.61. The lowest BCUT2D eigenvalue weighted by atomic mass is 10.6. The Morgan fingerprint density at radius 3 is 3.11 bits per heavy atom. The summed E-state index contributed by atoms with van der Waals surface area (Å²) in [4.78, 5) is 23.2. The van der Waals surface area contributed by atoms with Crippen molar-refractivity contribution in [3.63, 3.8) is 0 Å². The molecule has 0 aliphatic heterocycles. The Bertz CT molecular complexity index is 389. The van der Waals surface area contributed by atoms with Gasteiger partial charge in [-0.25, -0.2) is 4.79 Å². The Morgan fingerprint density at radius 1 is 1.78 bits per heavy atom. The standard InChI is InChI=1S/C5H6N2O2/c1-7-3-2-4(8)6-5(7)9/h2-3H,1H3,(H,6,8,9)/i1D3. The Labute approximate surface area is 55.0 Å². The number of aryl methyl sites for hydroxylation is 1. The van der Waals surface area contributed by atoms with Crippen LogP contribution in [0, 0.1) is 0 Å². The van der Waals surface area contributed by atoms with Crippen LogP contribution in [0.2, 0.25) is 0 Å². The van der Waals surface area contributed by atoms with Gasteiger partial charge in [0, 0.05) is 23.4 Å². The lowest BCUT2D eigenvalue weighted by Crippen LogP contribution is -2.26. The van der Waals surface area contributed by atoms with Gasteiger partial charge in [-0.15, -0.1) is 0 Å². The van der Waals surface area contributed by atoms with E-state index in [1.165, 1.54) is 0 Å². The van der Waals surface area contributed by atoms with Crippen molar-refractivity contribution in [1.82, 2.24) is 9.55 Å². The fourth-order valence-corrected chi connectivity index (χ4v) is 0.417. The molecule has 1 aromatic heterocycles. The highest BCUT2D eigenvalue weighted by Gasteiger charge is 1.85. The summed E-state index contributed by atoms with van der Waals surface area (Å²) >= 11 is 0. The Morgan fingerprint density at radius 2 is 2.56 bits per heavy atom. The molecule has 0 bridgehead atoms. The van der Waals surface area contributed by atoms with E-state index in [-0.39, 0.29) is 0 Å². The van der Waals surface area contributed by atoms with Crippen molar-refractivity contribution in [3.8, 4) is 0 Å². The summed E-state index contributed by atoms with van der Waals surface area (Å²) < 4.78 is 21.1. The van der Waals surface area contributed by atoms with Gasteiger partial charge in [-0.05, 0) is 0 Å². The molecule has 1 N–H and O–H groups in total. The van der Waals surface area contributed by atoms with Crippen LogP contribution in [0.3, 0.4) is 0 Å². The van der Waals surface area contributed by atoms with Crippen molar-refractivity contribution in [3.05, 3.63) is 33.1 Å². The van der Waals surface area contributed by atoms with Gasteiger partial charge >= 0.3 is 5.69 Å². The van der Waals surface area contributed by atoms with E-state index in [2.05, 4.69) is 0 Å². The summed E-state index contributed by atoms with van der Waals surface area (Å²) in [6.07, 6.45) is 0.939. The van der Waals surface area contributed by atoms with E-state index >= 15 is 0 Å². The molecule has 0 aliphatic carbocycles. The fourth-order valence-electron chi connectivity index (χ4n) is 0.417. The molecule has 48 valence electrons. The van der Waals surface area contributed by atoms with Crippen LogP contribution in [0.25, 0.3) is 0 Å². The van der Waals surface area contributed by atoms with E-state index < -0.39 is 18.2 Å². The van der Waals surface area contributed by atoms with Gasteiger partial charge in [0.25, 0.3) is 5.56 Å². The summed E-state index contributed by atoms with van der Waals surface area (Å²) in [5, 5.41) is 0. The molecule has 0 fully saturated rings. The molecule has 0 saturated heterocycles. The van der Waals surface area contributed by atoms with Crippen LogP contribution in [0.5, 0.6) is 0 Å².